The van der Waals surface area contributed by atoms with Crippen molar-refractivity contribution in [2.24, 2.45) is 0 Å². The van der Waals surface area contributed by atoms with Crippen LogP contribution < -0.4 is 4.90 Å². The summed E-state index contributed by atoms with van der Waals surface area (Å²) in [6.07, 6.45) is 9.12. The maximum absolute atomic E-state index is 5.70. The smallest absolute Gasteiger partial charge is 0.168 e. The fourth-order valence-corrected chi connectivity index (χ4v) is 2.86. The van der Waals surface area contributed by atoms with Crippen molar-refractivity contribution in [1.29, 1.82) is 0 Å². The standard InChI is InChI=1S/C16H16N6O/c1-3-12-8-15(21-6-7-23-10-11(21)2)19-16-13(12)9-18-22(16)14-4-5-17-20-14/h1,4-5,8-9,11H,6-7,10H2,2H3,(H,17,20)/t11-/m1/s1. The van der Waals surface area contributed by atoms with Gasteiger partial charge in [-0.2, -0.15) is 14.9 Å². The summed E-state index contributed by atoms with van der Waals surface area (Å²) in [6, 6.07) is 4.04. The van der Waals surface area contributed by atoms with Gasteiger partial charge in [0.15, 0.2) is 11.5 Å². The predicted molar refractivity (Wildman–Crippen MR) is 86.6 cm³/mol. The molecule has 7 nitrogen and oxygen atoms in total. The number of morpholine rings is 1. The fraction of sp³-hybridized carbons (Fsp3) is 0.312. The van der Waals surface area contributed by atoms with Crippen LogP contribution in [0.1, 0.15) is 12.5 Å². The van der Waals surface area contributed by atoms with Crippen molar-refractivity contribution in [3.63, 3.8) is 0 Å². The molecule has 0 bridgehead atoms. The van der Waals surface area contributed by atoms with Gasteiger partial charge >= 0.3 is 0 Å². The number of anilines is 1. The van der Waals surface area contributed by atoms with Crippen molar-refractivity contribution < 1.29 is 4.74 Å². The highest BCUT2D eigenvalue weighted by Gasteiger charge is 2.22. The number of hydrogen-bond donors (Lipinski definition) is 1. The number of ether oxygens (including phenoxy) is 1. The van der Waals surface area contributed by atoms with Crippen molar-refractivity contribution in [2.75, 3.05) is 24.7 Å². The monoisotopic (exact) mass is 308 g/mol. The van der Waals surface area contributed by atoms with Gasteiger partial charge in [0.05, 0.1) is 37.0 Å². The van der Waals surface area contributed by atoms with E-state index in [2.05, 4.69) is 33.0 Å². The molecule has 3 aromatic rings. The van der Waals surface area contributed by atoms with Crippen molar-refractivity contribution in [1.82, 2.24) is 25.0 Å². The Bertz CT molecular complexity index is 876. The lowest BCUT2D eigenvalue weighted by Gasteiger charge is -2.34. The molecule has 1 aliphatic rings. The summed E-state index contributed by atoms with van der Waals surface area (Å²) in [6.45, 7) is 4.29. The zero-order chi connectivity index (χ0) is 15.8. The van der Waals surface area contributed by atoms with E-state index in [0.717, 1.165) is 34.8 Å². The molecule has 3 aromatic heterocycles. The molecular formula is C16H16N6O. The number of terminal acetylenes is 1. The van der Waals surface area contributed by atoms with Gasteiger partial charge in [-0.15, -0.1) is 6.42 Å². The number of pyridine rings is 1. The van der Waals surface area contributed by atoms with Gasteiger partial charge in [-0.1, -0.05) is 5.92 Å². The van der Waals surface area contributed by atoms with Crippen molar-refractivity contribution >= 4 is 16.9 Å². The molecule has 0 amide bonds. The molecule has 1 fully saturated rings. The Morgan fingerprint density at radius 3 is 3.13 bits per heavy atom. The number of H-pyrrole nitrogens is 1. The van der Waals surface area contributed by atoms with Crippen LogP contribution in [0.5, 0.6) is 0 Å². The Morgan fingerprint density at radius 2 is 2.39 bits per heavy atom. The SMILES string of the molecule is C#Cc1cc(N2CCOC[C@H]2C)nc2c1cnn2-c1ccn[nH]1. The first-order chi connectivity index (χ1) is 11.3. The Morgan fingerprint density at radius 1 is 1.48 bits per heavy atom. The zero-order valence-corrected chi connectivity index (χ0v) is 12.7. The van der Waals surface area contributed by atoms with E-state index in [1.165, 1.54) is 0 Å². The highest BCUT2D eigenvalue weighted by atomic mass is 16.5. The average Bonchev–Trinajstić information content (AvgIpc) is 3.23. The molecule has 0 unspecified atom stereocenters. The van der Waals surface area contributed by atoms with Gasteiger partial charge in [-0.05, 0) is 13.0 Å². The van der Waals surface area contributed by atoms with Gasteiger partial charge in [-0.3, -0.25) is 5.10 Å². The highest BCUT2D eigenvalue weighted by Crippen LogP contribution is 2.26. The third kappa shape index (κ3) is 2.24. The first-order valence-electron chi connectivity index (χ1n) is 7.47. The number of aromatic amines is 1. The molecule has 1 N–H and O–H groups in total. The fourth-order valence-electron chi connectivity index (χ4n) is 2.86. The summed E-state index contributed by atoms with van der Waals surface area (Å²) in [7, 11) is 0. The van der Waals surface area contributed by atoms with Crippen LogP contribution in [0.25, 0.3) is 16.9 Å². The molecule has 7 heteroatoms. The molecule has 0 spiro atoms. The molecule has 0 radical (unpaired) electrons. The number of aromatic nitrogens is 5. The van der Waals surface area contributed by atoms with Gasteiger partial charge < -0.3 is 9.64 Å². The lowest BCUT2D eigenvalue weighted by atomic mass is 10.1. The number of nitrogens with one attached hydrogen (secondary N) is 1. The Balaban J connectivity index is 1.90. The topological polar surface area (TPSA) is 71.9 Å². The largest absolute Gasteiger partial charge is 0.377 e. The molecule has 116 valence electrons. The number of hydrogen-bond acceptors (Lipinski definition) is 5. The van der Waals surface area contributed by atoms with E-state index in [4.69, 9.17) is 16.1 Å². The van der Waals surface area contributed by atoms with Crippen LogP contribution in [0.3, 0.4) is 0 Å². The van der Waals surface area contributed by atoms with E-state index < -0.39 is 0 Å². The summed E-state index contributed by atoms with van der Waals surface area (Å²) in [5.74, 6) is 4.35. The first-order valence-corrected chi connectivity index (χ1v) is 7.47. The second kappa shape index (κ2) is 5.41. The minimum absolute atomic E-state index is 0.253. The molecule has 1 atom stereocenters. The van der Waals surface area contributed by atoms with E-state index in [1.807, 2.05) is 12.1 Å². The Hall–Kier alpha value is -2.85. The van der Waals surface area contributed by atoms with E-state index in [-0.39, 0.29) is 6.04 Å². The number of rotatable bonds is 2. The van der Waals surface area contributed by atoms with Crippen molar-refractivity contribution in [2.45, 2.75) is 13.0 Å². The van der Waals surface area contributed by atoms with E-state index in [1.54, 1.807) is 17.1 Å². The van der Waals surface area contributed by atoms with Crippen molar-refractivity contribution in [3.05, 3.63) is 30.1 Å². The third-order valence-corrected chi connectivity index (χ3v) is 4.06. The maximum atomic E-state index is 5.70. The van der Waals surface area contributed by atoms with Gasteiger partial charge in [0.25, 0.3) is 0 Å². The summed E-state index contributed by atoms with van der Waals surface area (Å²) in [4.78, 5) is 7.02. The Labute approximate surface area is 133 Å². The molecule has 1 saturated heterocycles. The summed E-state index contributed by atoms with van der Waals surface area (Å²) in [5.41, 5.74) is 1.51. The summed E-state index contributed by atoms with van der Waals surface area (Å²) < 4.78 is 7.22. The lowest BCUT2D eigenvalue weighted by Crippen LogP contribution is -2.44. The van der Waals surface area contributed by atoms with Crippen molar-refractivity contribution in [3.8, 4) is 18.2 Å². The van der Waals surface area contributed by atoms with Gasteiger partial charge in [0, 0.05) is 18.2 Å². The minimum Gasteiger partial charge on any atom is -0.377 e. The second-order valence-corrected chi connectivity index (χ2v) is 5.53. The van der Waals surface area contributed by atoms with E-state index in [9.17, 15) is 0 Å². The summed E-state index contributed by atoms with van der Waals surface area (Å²) in [5, 5.41) is 12.1. The first kappa shape index (κ1) is 13.8. The second-order valence-electron chi connectivity index (χ2n) is 5.53. The molecular weight excluding hydrogens is 292 g/mol. The van der Waals surface area contributed by atoms with Crippen LogP contribution in [0.2, 0.25) is 0 Å². The lowest BCUT2D eigenvalue weighted by molar-refractivity contribution is 0.0985. The number of nitrogens with zero attached hydrogens (tertiary/aromatic N) is 5. The molecule has 23 heavy (non-hydrogen) atoms. The maximum Gasteiger partial charge on any atom is 0.168 e. The van der Waals surface area contributed by atoms with Crippen LogP contribution in [0.4, 0.5) is 5.82 Å². The van der Waals surface area contributed by atoms with Gasteiger partial charge in [0.1, 0.15) is 5.82 Å². The average molecular weight is 308 g/mol. The molecule has 1 aliphatic heterocycles. The molecule has 4 rings (SSSR count). The molecule has 4 heterocycles. The third-order valence-electron chi connectivity index (χ3n) is 4.06. The predicted octanol–water partition coefficient (Wildman–Crippen LogP) is 1.35. The van der Waals surface area contributed by atoms with Crippen LogP contribution in [-0.2, 0) is 4.74 Å². The Kier molecular flexibility index (Phi) is 3.24. The van der Waals surface area contributed by atoms with E-state index in [0.29, 0.717) is 13.2 Å². The minimum atomic E-state index is 0.253. The van der Waals surface area contributed by atoms with Crippen LogP contribution in [-0.4, -0.2) is 50.8 Å². The quantitative estimate of drug-likeness (QED) is 0.724. The van der Waals surface area contributed by atoms with Crippen LogP contribution >= 0.6 is 0 Å². The van der Waals surface area contributed by atoms with Crippen LogP contribution in [0, 0.1) is 12.3 Å². The zero-order valence-electron chi connectivity index (χ0n) is 12.7. The number of fused-ring (bicyclic) bond motifs is 1. The molecule has 0 aromatic carbocycles. The van der Waals surface area contributed by atoms with Gasteiger partial charge in [-0.25, -0.2) is 4.98 Å². The van der Waals surface area contributed by atoms with Crippen LogP contribution in [0.15, 0.2) is 24.5 Å². The van der Waals surface area contributed by atoms with Gasteiger partial charge in [0.2, 0.25) is 0 Å². The highest BCUT2D eigenvalue weighted by molar-refractivity contribution is 5.85. The summed E-state index contributed by atoms with van der Waals surface area (Å²) >= 11 is 0. The van der Waals surface area contributed by atoms with E-state index >= 15 is 0 Å². The molecule has 0 aliphatic carbocycles. The molecule has 0 saturated carbocycles. The normalized spacial score (nSPS) is 18.3.